The summed E-state index contributed by atoms with van der Waals surface area (Å²) in [4.78, 5) is 49.2. The third-order valence-corrected chi connectivity index (χ3v) is 4.29. The summed E-state index contributed by atoms with van der Waals surface area (Å²) in [5, 5.41) is 5.20. The number of rotatable bonds is 13. The summed E-state index contributed by atoms with van der Waals surface area (Å²) in [6.45, 7) is 2.10. The van der Waals surface area contributed by atoms with E-state index in [1.54, 1.807) is 31.4 Å². The summed E-state index contributed by atoms with van der Waals surface area (Å²) in [6, 6.07) is 6.81. The third-order valence-electron chi connectivity index (χ3n) is 4.29. The highest BCUT2D eigenvalue weighted by Gasteiger charge is 2.17. The molecule has 1 rings (SSSR count). The molecule has 0 aliphatic rings. The number of ether oxygens (including phenoxy) is 2. The number of methoxy groups -OCH3 is 2. The largest absolute Gasteiger partial charge is 0.497 e. The fraction of sp³-hybridized carbons (Fsp3) is 0.524. The second kappa shape index (κ2) is 14.0. The second-order valence-corrected chi connectivity index (χ2v) is 6.65. The molecule has 0 saturated heterocycles. The van der Waals surface area contributed by atoms with Crippen LogP contribution >= 0.6 is 0 Å². The third kappa shape index (κ3) is 9.90. The Hall–Kier alpha value is -3.10. The highest BCUT2D eigenvalue weighted by molar-refractivity contribution is 5.95. The van der Waals surface area contributed by atoms with Gasteiger partial charge in [0.2, 0.25) is 17.7 Å². The standard InChI is InChI=1S/C21H31N3O6/c1-4-5-13-24(20(27)7-6-8-21(28)30-3)15-19(26)22-14-18(25)23-16-9-11-17(29-2)12-10-16/h9-12H,4-8,13-15H2,1-3H3,(H,22,26)(H,23,25). The second-order valence-electron chi connectivity index (χ2n) is 6.65. The van der Waals surface area contributed by atoms with Crippen LogP contribution in [0.4, 0.5) is 5.69 Å². The van der Waals surface area contributed by atoms with Gasteiger partial charge in [0.1, 0.15) is 5.75 Å². The number of nitrogens with zero attached hydrogens (tertiary/aromatic N) is 1. The van der Waals surface area contributed by atoms with Crippen LogP contribution in [0.1, 0.15) is 39.0 Å². The average Bonchev–Trinajstić information content (AvgIpc) is 2.75. The zero-order valence-corrected chi connectivity index (χ0v) is 17.9. The molecule has 2 N–H and O–H groups in total. The van der Waals surface area contributed by atoms with E-state index in [4.69, 9.17) is 4.74 Å². The first-order chi connectivity index (χ1) is 14.4. The molecule has 9 heteroatoms. The molecule has 0 aliphatic heterocycles. The van der Waals surface area contributed by atoms with Gasteiger partial charge >= 0.3 is 5.97 Å². The minimum Gasteiger partial charge on any atom is -0.497 e. The fourth-order valence-electron chi connectivity index (χ4n) is 2.57. The highest BCUT2D eigenvalue weighted by atomic mass is 16.5. The normalized spacial score (nSPS) is 10.1. The van der Waals surface area contributed by atoms with Crippen LogP contribution in [-0.2, 0) is 23.9 Å². The van der Waals surface area contributed by atoms with Crippen molar-refractivity contribution in [2.45, 2.75) is 39.0 Å². The van der Waals surface area contributed by atoms with Crippen LogP contribution in [0.25, 0.3) is 0 Å². The minimum absolute atomic E-state index is 0.132. The Labute approximate surface area is 177 Å². The quantitative estimate of drug-likeness (QED) is 0.469. The molecule has 0 heterocycles. The Morgan fingerprint density at radius 2 is 1.67 bits per heavy atom. The van der Waals surface area contributed by atoms with E-state index < -0.39 is 5.91 Å². The SMILES string of the molecule is CCCCN(CC(=O)NCC(=O)Nc1ccc(OC)cc1)C(=O)CCCC(=O)OC. The van der Waals surface area contributed by atoms with E-state index in [0.29, 0.717) is 24.4 Å². The maximum absolute atomic E-state index is 12.4. The summed E-state index contributed by atoms with van der Waals surface area (Å²) < 4.78 is 9.61. The zero-order valence-electron chi connectivity index (χ0n) is 17.9. The number of carbonyl (C=O) groups is 4. The smallest absolute Gasteiger partial charge is 0.305 e. The lowest BCUT2D eigenvalue weighted by molar-refractivity contribution is -0.141. The van der Waals surface area contributed by atoms with Gasteiger partial charge in [-0.3, -0.25) is 19.2 Å². The van der Waals surface area contributed by atoms with E-state index in [1.807, 2.05) is 6.92 Å². The molecule has 1 aromatic carbocycles. The molecule has 0 unspecified atom stereocenters. The summed E-state index contributed by atoms with van der Waals surface area (Å²) in [6.07, 6.45) is 2.30. The Morgan fingerprint density at radius 3 is 2.27 bits per heavy atom. The summed E-state index contributed by atoms with van der Waals surface area (Å²) in [5.41, 5.74) is 0.584. The van der Waals surface area contributed by atoms with E-state index in [9.17, 15) is 19.2 Å². The van der Waals surface area contributed by atoms with Crippen LogP contribution in [-0.4, -0.2) is 62.4 Å². The number of hydrogen-bond acceptors (Lipinski definition) is 6. The van der Waals surface area contributed by atoms with Crippen LogP contribution in [0, 0.1) is 0 Å². The van der Waals surface area contributed by atoms with Gasteiger partial charge in [-0.2, -0.15) is 0 Å². The van der Waals surface area contributed by atoms with E-state index in [0.717, 1.165) is 12.8 Å². The first-order valence-corrected chi connectivity index (χ1v) is 9.94. The van der Waals surface area contributed by atoms with E-state index in [1.165, 1.54) is 12.0 Å². The van der Waals surface area contributed by atoms with E-state index in [-0.39, 0.29) is 43.7 Å². The molecule has 0 atom stereocenters. The van der Waals surface area contributed by atoms with Crippen LogP contribution < -0.4 is 15.4 Å². The van der Waals surface area contributed by atoms with Crippen molar-refractivity contribution in [1.82, 2.24) is 10.2 Å². The molecule has 30 heavy (non-hydrogen) atoms. The number of anilines is 1. The topological polar surface area (TPSA) is 114 Å². The Balaban J connectivity index is 2.46. The van der Waals surface area contributed by atoms with Crippen molar-refractivity contribution in [3.05, 3.63) is 24.3 Å². The fourth-order valence-corrected chi connectivity index (χ4v) is 2.57. The summed E-state index contributed by atoms with van der Waals surface area (Å²) in [7, 11) is 2.85. The highest BCUT2D eigenvalue weighted by Crippen LogP contribution is 2.14. The monoisotopic (exact) mass is 421 g/mol. The first-order valence-electron chi connectivity index (χ1n) is 9.94. The van der Waals surface area contributed by atoms with Gasteiger partial charge < -0.3 is 25.0 Å². The maximum atomic E-state index is 12.4. The average molecular weight is 421 g/mol. The summed E-state index contributed by atoms with van der Waals surface area (Å²) >= 11 is 0. The molecule has 0 aromatic heterocycles. The van der Waals surface area contributed by atoms with Gasteiger partial charge in [0.15, 0.2) is 0 Å². The van der Waals surface area contributed by atoms with Gasteiger partial charge in [0, 0.05) is 25.1 Å². The van der Waals surface area contributed by atoms with Gasteiger partial charge in [-0.05, 0) is 37.1 Å². The lowest BCUT2D eigenvalue weighted by Gasteiger charge is -2.22. The molecular formula is C21H31N3O6. The molecule has 0 spiro atoms. The number of benzene rings is 1. The molecular weight excluding hydrogens is 390 g/mol. The van der Waals surface area contributed by atoms with Crippen LogP contribution in [0.15, 0.2) is 24.3 Å². The van der Waals surface area contributed by atoms with Crippen LogP contribution in [0.5, 0.6) is 5.75 Å². The van der Waals surface area contributed by atoms with Gasteiger partial charge in [-0.25, -0.2) is 0 Å². The van der Waals surface area contributed by atoms with Crippen LogP contribution in [0.2, 0.25) is 0 Å². The zero-order chi connectivity index (χ0) is 22.4. The van der Waals surface area contributed by atoms with Crippen molar-refractivity contribution < 1.29 is 28.7 Å². The molecule has 0 saturated carbocycles. The van der Waals surface area contributed by atoms with Gasteiger partial charge in [0.05, 0.1) is 27.3 Å². The molecule has 0 aliphatic carbocycles. The van der Waals surface area contributed by atoms with E-state index in [2.05, 4.69) is 15.4 Å². The lowest BCUT2D eigenvalue weighted by atomic mass is 10.2. The van der Waals surface area contributed by atoms with Crippen molar-refractivity contribution in [1.29, 1.82) is 0 Å². The van der Waals surface area contributed by atoms with Gasteiger partial charge in [-0.1, -0.05) is 13.3 Å². The predicted octanol–water partition coefficient (Wildman–Crippen LogP) is 1.72. The van der Waals surface area contributed by atoms with Gasteiger partial charge in [-0.15, -0.1) is 0 Å². The number of unbranched alkanes of at least 4 members (excludes halogenated alkanes) is 1. The Morgan fingerprint density at radius 1 is 0.967 bits per heavy atom. The predicted molar refractivity (Wildman–Crippen MR) is 112 cm³/mol. The first kappa shape index (κ1) is 24.9. The Bertz CT molecular complexity index is 705. The van der Waals surface area contributed by atoms with Crippen molar-refractivity contribution in [2.24, 2.45) is 0 Å². The molecule has 166 valence electrons. The Kier molecular flexibility index (Phi) is 11.6. The molecule has 0 radical (unpaired) electrons. The number of nitrogens with one attached hydrogen (secondary N) is 2. The van der Waals surface area contributed by atoms with Crippen molar-refractivity contribution in [3.63, 3.8) is 0 Å². The molecule has 3 amide bonds. The van der Waals surface area contributed by atoms with Crippen molar-refractivity contribution in [3.8, 4) is 5.75 Å². The number of amides is 3. The van der Waals surface area contributed by atoms with Crippen molar-refractivity contribution in [2.75, 3.05) is 39.2 Å². The molecule has 0 fully saturated rings. The number of carbonyl (C=O) groups excluding carboxylic acids is 4. The lowest BCUT2D eigenvalue weighted by Crippen LogP contribution is -2.43. The van der Waals surface area contributed by atoms with E-state index >= 15 is 0 Å². The van der Waals surface area contributed by atoms with Crippen LogP contribution in [0.3, 0.4) is 0 Å². The van der Waals surface area contributed by atoms with Gasteiger partial charge in [0.25, 0.3) is 0 Å². The minimum atomic E-state index is -0.419. The number of esters is 1. The molecule has 9 nitrogen and oxygen atoms in total. The number of hydrogen-bond donors (Lipinski definition) is 2. The molecule has 0 bridgehead atoms. The summed E-state index contributed by atoms with van der Waals surface area (Å²) in [5.74, 6) is -0.700. The molecule has 1 aromatic rings. The maximum Gasteiger partial charge on any atom is 0.305 e. The van der Waals surface area contributed by atoms with Crippen molar-refractivity contribution >= 4 is 29.4 Å².